The highest BCUT2D eigenvalue weighted by atomic mass is 32.2. The molecule has 0 saturated carbocycles. The number of ether oxygens (including phenoxy) is 1. The summed E-state index contributed by atoms with van der Waals surface area (Å²) in [5.74, 6) is 0. The Hall–Kier alpha value is -1.15. The summed E-state index contributed by atoms with van der Waals surface area (Å²) in [6, 6.07) is 6.63. The Kier molecular flexibility index (Phi) is 7.10. The molecule has 1 atom stereocenters. The lowest BCUT2D eigenvalue weighted by atomic mass is 10.2. The average molecular weight is 315 g/mol. The number of hydrogen-bond donors (Lipinski definition) is 3. The average Bonchev–Trinajstić information content (AvgIpc) is 2.38. The lowest BCUT2D eigenvalue weighted by molar-refractivity contribution is 0.183. The summed E-state index contributed by atoms with van der Waals surface area (Å²) >= 11 is 0. The van der Waals surface area contributed by atoms with Crippen molar-refractivity contribution in [3.05, 3.63) is 24.3 Å². The molecule has 4 N–H and O–H groups in total. The van der Waals surface area contributed by atoms with Crippen LogP contribution in [0.3, 0.4) is 0 Å². The molecule has 0 radical (unpaired) electrons. The molecule has 7 heteroatoms. The third-order valence-electron chi connectivity index (χ3n) is 2.81. The van der Waals surface area contributed by atoms with Crippen molar-refractivity contribution in [3.8, 4) is 0 Å². The van der Waals surface area contributed by atoms with Crippen LogP contribution in [0, 0.1) is 0 Å². The first-order valence-corrected chi connectivity index (χ1v) is 8.46. The number of benzene rings is 1. The zero-order valence-corrected chi connectivity index (χ0v) is 13.6. The van der Waals surface area contributed by atoms with Crippen LogP contribution in [0.1, 0.15) is 20.3 Å². The second-order valence-corrected chi connectivity index (χ2v) is 6.83. The van der Waals surface area contributed by atoms with Gasteiger partial charge in [0, 0.05) is 13.2 Å². The molecule has 120 valence electrons. The molecule has 0 amide bonds. The molecule has 1 aromatic carbocycles. The summed E-state index contributed by atoms with van der Waals surface area (Å²) in [5, 5.41) is 3.20. The smallest absolute Gasteiger partial charge is 0.242 e. The van der Waals surface area contributed by atoms with Gasteiger partial charge in [-0.2, -0.15) is 0 Å². The molecule has 1 rings (SSSR count). The first-order chi connectivity index (χ1) is 9.90. The van der Waals surface area contributed by atoms with E-state index < -0.39 is 10.0 Å². The Balaban J connectivity index is 3.03. The molecule has 0 bridgehead atoms. The van der Waals surface area contributed by atoms with Crippen LogP contribution in [0.2, 0.25) is 0 Å². The van der Waals surface area contributed by atoms with Crippen LogP contribution in [-0.2, 0) is 14.8 Å². The zero-order valence-electron chi connectivity index (χ0n) is 12.8. The Morgan fingerprint density at radius 3 is 2.52 bits per heavy atom. The first-order valence-electron chi connectivity index (χ1n) is 6.97. The van der Waals surface area contributed by atoms with Crippen LogP contribution in [0.5, 0.6) is 0 Å². The predicted molar refractivity (Wildman–Crippen MR) is 84.9 cm³/mol. The molecule has 0 aliphatic heterocycles. The van der Waals surface area contributed by atoms with Crippen molar-refractivity contribution >= 4 is 15.7 Å². The normalized spacial score (nSPS) is 13.4. The summed E-state index contributed by atoms with van der Waals surface area (Å²) in [4.78, 5) is 0.233. The molecule has 1 unspecified atom stereocenters. The summed E-state index contributed by atoms with van der Waals surface area (Å²) in [5.41, 5.74) is 6.13. The minimum absolute atomic E-state index is 0.0320. The number of nitrogens with one attached hydrogen (secondary N) is 2. The van der Waals surface area contributed by atoms with Gasteiger partial charge < -0.3 is 15.8 Å². The van der Waals surface area contributed by atoms with Crippen LogP contribution >= 0.6 is 0 Å². The maximum absolute atomic E-state index is 12.4. The van der Waals surface area contributed by atoms with Crippen molar-refractivity contribution in [1.29, 1.82) is 0 Å². The summed E-state index contributed by atoms with van der Waals surface area (Å²) in [6.07, 6.45) is 0.694. The lowest BCUT2D eigenvalue weighted by Crippen LogP contribution is -2.32. The molecular formula is C14H25N3O3S. The number of hydrogen-bond acceptors (Lipinski definition) is 5. The van der Waals surface area contributed by atoms with Crippen LogP contribution in [0.4, 0.5) is 5.69 Å². The minimum Gasteiger partial charge on any atom is -0.383 e. The largest absolute Gasteiger partial charge is 0.383 e. The zero-order chi connectivity index (χ0) is 15.9. The van der Waals surface area contributed by atoms with Gasteiger partial charge in [0.15, 0.2) is 0 Å². The molecule has 0 spiro atoms. The number of nitrogens with two attached hydrogens (primary N) is 1. The molecule has 21 heavy (non-hydrogen) atoms. The van der Waals surface area contributed by atoms with Gasteiger partial charge in [0.1, 0.15) is 4.90 Å². The van der Waals surface area contributed by atoms with E-state index in [0.717, 1.165) is 0 Å². The van der Waals surface area contributed by atoms with Crippen LogP contribution in [0.15, 0.2) is 29.2 Å². The third-order valence-corrected chi connectivity index (χ3v) is 4.53. The molecule has 0 aromatic heterocycles. The fourth-order valence-corrected chi connectivity index (χ4v) is 3.44. The van der Waals surface area contributed by atoms with Crippen LogP contribution in [0.25, 0.3) is 0 Å². The molecule has 6 nitrogen and oxygen atoms in total. The first kappa shape index (κ1) is 17.9. The van der Waals surface area contributed by atoms with Gasteiger partial charge in [0.25, 0.3) is 0 Å². The maximum atomic E-state index is 12.4. The number of methoxy groups -OCH3 is 1. The topological polar surface area (TPSA) is 93.4 Å². The second-order valence-electron chi connectivity index (χ2n) is 5.15. The number of sulfonamides is 1. The van der Waals surface area contributed by atoms with Crippen LogP contribution < -0.4 is 15.8 Å². The number of rotatable bonds is 9. The van der Waals surface area contributed by atoms with Crippen molar-refractivity contribution in [2.45, 2.75) is 37.2 Å². The van der Waals surface area contributed by atoms with Crippen molar-refractivity contribution in [2.75, 3.05) is 25.6 Å². The van der Waals surface area contributed by atoms with E-state index in [2.05, 4.69) is 10.0 Å². The van der Waals surface area contributed by atoms with E-state index in [4.69, 9.17) is 10.5 Å². The molecule has 0 heterocycles. The van der Waals surface area contributed by atoms with Gasteiger partial charge in [-0.25, -0.2) is 13.1 Å². The lowest BCUT2D eigenvalue weighted by Gasteiger charge is -2.21. The Morgan fingerprint density at radius 1 is 1.29 bits per heavy atom. The van der Waals surface area contributed by atoms with E-state index in [9.17, 15) is 8.42 Å². The maximum Gasteiger partial charge on any atom is 0.242 e. The number of anilines is 1. The van der Waals surface area contributed by atoms with E-state index in [1.807, 2.05) is 0 Å². The number of para-hydroxylation sites is 1. The Bertz CT molecular complexity index is 526. The monoisotopic (exact) mass is 315 g/mol. The van der Waals surface area contributed by atoms with Gasteiger partial charge >= 0.3 is 0 Å². The van der Waals surface area contributed by atoms with Crippen molar-refractivity contribution in [3.63, 3.8) is 0 Å². The third kappa shape index (κ3) is 5.62. The molecule has 0 aliphatic rings. The standard InChI is InChI=1S/C14H25N3O3S/c1-11(2)17-21(18,19)14-7-5-4-6-13(14)16-12(8-9-15)10-20-3/h4-7,11-12,16-17H,8-10,15H2,1-3H3. The SMILES string of the molecule is COCC(CCN)Nc1ccccc1S(=O)(=O)NC(C)C. The summed E-state index contributed by atoms with van der Waals surface area (Å²) in [6.45, 7) is 4.54. The molecule has 0 aliphatic carbocycles. The summed E-state index contributed by atoms with van der Waals surface area (Å²) in [7, 11) is -1.94. The molecule has 1 aromatic rings. The van der Waals surface area contributed by atoms with E-state index in [0.29, 0.717) is 25.3 Å². The van der Waals surface area contributed by atoms with Gasteiger partial charge in [-0.15, -0.1) is 0 Å². The predicted octanol–water partition coefficient (Wildman–Crippen LogP) is 1.15. The van der Waals surface area contributed by atoms with E-state index >= 15 is 0 Å². The highest BCUT2D eigenvalue weighted by molar-refractivity contribution is 7.89. The van der Waals surface area contributed by atoms with E-state index in [1.165, 1.54) is 0 Å². The van der Waals surface area contributed by atoms with Gasteiger partial charge in [-0.05, 0) is 38.9 Å². The van der Waals surface area contributed by atoms with Gasteiger partial charge in [-0.1, -0.05) is 12.1 Å². The Morgan fingerprint density at radius 2 is 1.95 bits per heavy atom. The fraction of sp³-hybridized carbons (Fsp3) is 0.571. The highest BCUT2D eigenvalue weighted by Crippen LogP contribution is 2.22. The Labute approximate surface area is 127 Å². The summed E-state index contributed by atoms with van der Waals surface area (Å²) < 4.78 is 32.4. The van der Waals surface area contributed by atoms with E-state index in [-0.39, 0.29) is 17.0 Å². The molecule has 0 saturated heterocycles. The molecule has 0 fully saturated rings. The second kappa shape index (κ2) is 8.33. The van der Waals surface area contributed by atoms with Gasteiger partial charge in [0.05, 0.1) is 18.3 Å². The van der Waals surface area contributed by atoms with Crippen molar-refractivity contribution in [1.82, 2.24) is 4.72 Å². The van der Waals surface area contributed by atoms with Gasteiger partial charge in [0.2, 0.25) is 10.0 Å². The fourth-order valence-electron chi connectivity index (χ4n) is 2.01. The molecular weight excluding hydrogens is 290 g/mol. The van der Waals surface area contributed by atoms with E-state index in [1.54, 1.807) is 45.2 Å². The van der Waals surface area contributed by atoms with Crippen molar-refractivity contribution in [2.24, 2.45) is 5.73 Å². The minimum atomic E-state index is -3.55. The quantitative estimate of drug-likeness (QED) is 0.635. The highest BCUT2D eigenvalue weighted by Gasteiger charge is 2.20. The van der Waals surface area contributed by atoms with Gasteiger partial charge in [-0.3, -0.25) is 0 Å². The van der Waals surface area contributed by atoms with Crippen molar-refractivity contribution < 1.29 is 13.2 Å². The van der Waals surface area contributed by atoms with Crippen LogP contribution in [-0.4, -0.2) is 40.8 Å².